The van der Waals surface area contributed by atoms with E-state index in [1.165, 1.54) is 12.8 Å². The molecule has 3 fully saturated rings. The molecule has 0 aromatic heterocycles. The van der Waals surface area contributed by atoms with Gasteiger partial charge in [-0.25, -0.2) is 0 Å². The quantitative estimate of drug-likeness (QED) is 0.763. The zero-order valence-electron chi connectivity index (χ0n) is 10.4. The molecule has 1 saturated carbocycles. The fraction of sp³-hybridized carbons (Fsp3) is 0.923. The normalized spacial score (nSPS) is 29.1. The van der Waals surface area contributed by atoms with Crippen LogP contribution in [0.5, 0.6) is 0 Å². The van der Waals surface area contributed by atoms with Crippen molar-refractivity contribution in [2.45, 2.75) is 31.7 Å². The van der Waals surface area contributed by atoms with Gasteiger partial charge >= 0.3 is 0 Å². The lowest BCUT2D eigenvalue weighted by molar-refractivity contribution is -0.133. The molecule has 0 aromatic rings. The van der Waals surface area contributed by atoms with E-state index in [2.05, 4.69) is 10.2 Å². The number of carbonyl (C=O) groups is 1. The van der Waals surface area contributed by atoms with Crippen molar-refractivity contribution in [3.05, 3.63) is 0 Å². The van der Waals surface area contributed by atoms with Crippen LogP contribution in [0.25, 0.3) is 0 Å². The van der Waals surface area contributed by atoms with Crippen LogP contribution in [0.3, 0.4) is 0 Å². The Morgan fingerprint density at radius 3 is 2.59 bits per heavy atom. The molecule has 2 aliphatic heterocycles. The number of rotatable bonds is 5. The molecule has 4 heteroatoms. The van der Waals surface area contributed by atoms with Crippen LogP contribution in [0.1, 0.15) is 25.7 Å². The largest absolute Gasteiger partial charge is 0.381 e. The second-order valence-electron chi connectivity index (χ2n) is 5.74. The van der Waals surface area contributed by atoms with E-state index >= 15 is 0 Å². The number of carbonyl (C=O) groups excluding carboxylic acids is 1. The van der Waals surface area contributed by atoms with Crippen LogP contribution >= 0.6 is 0 Å². The van der Waals surface area contributed by atoms with E-state index in [-0.39, 0.29) is 0 Å². The Morgan fingerprint density at radius 2 is 2.06 bits per heavy atom. The molecule has 1 amide bonds. The molecular weight excluding hydrogens is 216 g/mol. The number of nitrogens with zero attached hydrogens (tertiary/aromatic N) is 1. The molecule has 2 saturated heterocycles. The van der Waals surface area contributed by atoms with Gasteiger partial charge in [-0.05, 0) is 38.3 Å². The summed E-state index contributed by atoms with van der Waals surface area (Å²) >= 11 is 0. The maximum absolute atomic E-state index is 12.3. The Hall–Kier alpha value is -0.610. The van der Waals surface area contributed by atoms with Gasteiger partial charge in [-0.15, -0.1) is 0 Å². The molecule has 1 atom stereocenters. The van der Waals surface area contributed by atoms with Gasteiger partial charge in [0, 0.05) is 31.5 Å². The van der Waals surface area contributed by atoms with Gasteiger partial charge in [0.05, 0.1) is 6.61 Å². The number of nitrogens with one attached hydrogen (secondary N) is 1. The molecule has 0 spiro atoms. The highest BCUT2D eigenvalue weighted by Crippen LogP contribution is 2.30. The summed E-state index contributed by atoms with van der Waals surface area (Å²) in [7, 11) is 0. The van der Waals surface area contributed by atoms with Gasteiger partial charge in [-0.2, -0.15) is 0 Å². The first-order valence-corrected chi connectivity index (χ1v) is 6.91. The van der Waals surface area contributed by atoms with Gasteiger partial charge in [0.15, 0.2) is 0 Å². The fourth-order valence-corrected chi connectivity index (χ4v) is 2.70. The average Bonchev–Trinajstić information content (AvgIpc) is 2.98. The van der Waals surface area contributed by atoms with Gasteiger partial charge < -0.3 is 15.0 Å². The average molecular weight is 238 g/mol. The van der Waals surface area contributed by atoms with Crippen LogP contribution in [0.2, 0.25) is 0 Å². The Bertz CT molecular complexity index is 281. The van der Waals surface area contributed by atoms with E-state index in [1.807, 2.05) is 0 Å². The van der Waals surface area contributed by atoms with Crippen molar-refractivity contribution in [3.8, 4) is 0 Å². The first kappa shape index (κ1) is 11.5. The Labute approximate surface area is 103 Å². The van der Waals surface area contributed by atoms with Crippen molar-refractivity contribution in [2.24, 2.45) is 11.8 Å². The summed E-state index contributed by atoms with van der Waals surface area (Å²) in [6.07, 6.45) is 4.29. The fourth-order valence-electron chi connectivity index (χ4n) is 2.70. The predicted molar refractivity (Wildman–Crippen MR) is 64.6 cm³/mol. The summed E-state index contributed by atoms with van der Waals surface area (Å²) in [6, 6.07) is 0.552. The summed E-state index contributed by atoms with van der Waals surface area (Å²) in [5.74, 6) is 1.55. The van der Waals surface area contributed by atoms with E-state index in [0.29, 0.717) is 23.8 Å². The van der Waals surface area contributed by atoms with Crippen molar-refractivity contribution < 1.29 is 9.53 Å². The number of ether oxygens (including phenoxy) is 1. The Morgan fingerprint density at radius 1 is 1.24 bits per heavy atom. The molecule has 1 aliphatic carbocycles. The smallest absolute Gasteiger partial charge is 0.223 e. The lowest BCUT2D eigenvalue weighted by Crippen LogP contribution is -2.46. The van der Waals surface area contributed by atoms with E-state index in [0.717, 1.165) is 45.7 Å². The van der Waals surface area contributed by atoms with Gasteiger partial charge in [0.1, 0.15) is 0 Å². The molecule has 2 heterocycles. The highest BCUT2D eigenvalue weighted by molar-refractivity contribution is 5.77. The molecule has 0 radical (unpaired) electrons. The summed E-state index contributed by atoms with van der Waals surface area (Å²) < 4.78 is 5.40. The van der Waals surface area contributed by atoms with E-state index < -0.39 is 0 Å². The van der Waals surface area contributed by atoms with Gasteiger partial charge in [0.25, 0.3) is 0 Å². The molecular formula is C13H22N2O2. The summed E-state index contributed by atoms with van der Waals surface area (Å²) in [4.78, 5) is 14.4. The Balaban J connectivity index is 1.52. The minimum Gasteiger partial charge on any atom is -0.381 e. The topological polar surface area (TPSA) is 41.6 Å². The maximum Gasteiger partial charge on any atom is 0.223 e. The van der Waals surface area contributed by atoms with Gasteiger partial charge in [-0.3, -0.25) is 4.79 Å². The van der Waals surface area contributed by atoms with Crippen LogP contribution in [0.15, 0.2) is 0 Å². The Kier molecular flexibility index (Phi) is 3.34. The van der Waals surface area contributed by atoms with Crippen LogP contribution in [-0.4, -0.2) is 49.7 Å². The maximum atomic E-state index is 12.3. The van der Waals surface area contributed by atoms with Crippen molar-refractivity contribution in [1.82, 2.24) is 10.2 Å². The number of hydrogen-bond donors (Lipinski definition) is 1. The van der Waals surface area contributed by atoms with Crippen LogP contribution in [0.4, 0.5) is 0 Å². The molecule has 1 unspecified atom stereocenters. The lowest BCUT2D eigenvalue weighted by atomic mass is 9.98. The highest BCUT2D eigenvalue weighted by Gasteiger charge is 2.35. The van der Waals surface area contributed by atoms with Gasteiger partial charge in [0.2, 0.25) is 5.91 Å². The number of hydrogen-bond acceptors (Lipinski definition) is 3. The first-order chi connectivity index (χ1) is 8.33. The third kappa shape index (κ3) is 2.80. The molecule has 4 nitrogen and oxygen atoms in total. The number of amides is 1. The van der Waals surface area contributed by atoms with Crippen LogP contribution < -0.4 is 5.32 Å². The first-order valence-electron chi connectivity index (χ1n) is 6.91. The SMILES string of the molecule is O=C(CC1CNC1)N(CC1CCOC1)C1CC1. The molecule has 3 aliphatic rings. The summed E-state index contributed by atoms with van der Waals surface area (Å²) in [5.41, 5.74) is 0. The van der Waals surface area contributed by atoms with Gasteiger partial charge in [-0.1, -0.05) is 0 Å². The third-order valence-corrected chi connectivity index (χ3v) is 4.12. The summed E-state index contributed by atoms with van der Waals surface area (Å²) in [5, 5.41) is 3.23. The van der Waals surface area contributed by atoms with Crippen molar-refractivity contribution in [1.29, 1.82) is 0 Å². The van der Waals surface area contributed by atoms with Crippen LogP contribution in [0, 0.1) is 11.8 Å². The predicted octanol–water partition coefficient (Wildman–Crippen LogP) is 0.623. The molecule has 96 valence electrons. The minimum atomic E-state index is 0.380. The standard InChI is InChI=1S/C13H22N2O2/c16-13(5-11-6-14-7-11)15(12-1-2-12)8-10-3-4-17-9-10/h10-12,14H,1-9H2. The monoisotopic (exact) mass is 238 g/mol. The summed E-state index contributed by atoms with van der Waals surface area (Å²) in [6.45, 7) is 4.71. The highest BCUT2D eigenvalue weighted by atomic mass is 16.5. The zero-order chi connectivity index (χ0) is 11.7. The molecule has 0 aromatic carbocycles. The second kappa shape index (κ2) is 4.94. The minimum absolute atomic E-state index is 0.380. The molecule has 1 N–H and O–H groups in total. The second-order valence-corrected chi connectivity index (χ2v) is 5.74. The van der Waals surface area contributed by atoms with Crippen molar-refractivity contribution >= 4 is 5.91 Å². The van der Waals surface area contributed by atoms with E-state index in [4.69, 9.17) is 4.74 Å². The van der Waals surface area contributed by atoms with Crippen LogP contribution in [-0.2, 0) is 9.53 Å². The molecule has 17 heavy (non-hydrogen) atoms. The third-order valence-electron chi connectivity index (χ3n) is 4.12. The van der Waals surface area contributed by atoms with E-state index in [1.54, 1.807) is 0 Å². The molecule has 3 rings (SSSR count). The zero-order valence-corrected chi connectivity index (χ0v) is 10.4. The van der Waals surface area contributed by atoms with Crippen molar-refractivity contribution in [2.75, 3.05) is 32.8 Å². The van der Waals surface area contributed by atoms with Crippen molar-refractivity contribution in [3.63, 3.8) is 0 Å². The molecule has 0 bridgehead atoms. The lowest BCUT2D eigenvalue weighted by Gasteiger charge is -2.31. The van der Waals surface area contributed by atoms with E-state index in [9.17, 15) is 4.79 Å².